The van der Waals surface area contributed by atoms with Crippen molar-refractivity contribution in [3.63, 3.8) is 0 Å². The van der Waals surface area contributed by atoms with Crippen molar-refractivity contribution in [2.45, 2.75) is 13.3 Å². The van der Waals surface area contributed by atoms with Gasteiger partial charge in [-0.3, -0.25) is 0 Å². The Balaban J connectivity index is 2.45. The van der Waals surface area contributed by atoms with Crippen molar-refractivity contribution in [1.29, 1.82) is 0 Å². The molecule has 0 saturated heterocycles. The van der Waals surface area contributed by atoms with E-state index in [2.05, 4.69) is 40.0 Å². The molecule has 0 unspecified atom stereocenters. The third-order valence-electron chi connectivity index (χ3n) is 4.37. The van der Waals surface area contributed by atoms with Gasteiger partial charge in [0.25, 0.3) is 0 Å². The predicted molar refractivity (Wildman–Crippen MR) is 101 cm³/mol. The molecule has 1 aromatic heterocycles. The monoisotopic (exact) mass is 329 g/mol. The third kappa shape index (κ3) is 3.68. The van der Waals surface area contributed by atoms with E-state index in [0.29, 0.717) is 13.0 Å². The number of aromatic nitrogens is 1. The molecule has 5 heteroatoms. The summed E-state index contributed by atoms with van der Waals surface area (Å²) in [6.07, 6.45) is 3.16. The lowest BCUT2D eigenvalue weighted by molar-refractivity contribution is -0.107. The number of para-hydroxylation sites is 1. The van der Waals surface area contributed by atoms with E-state index < -0.39 is 0 Å². The molecule has 0 aliphatic carbocycles. The summed E-state index contributed by atoms with van der Waals surface area (Å²) in [5.41, 5.74) is 2.12. The van der Waals surface area contributed by atoms with Crippen molar-refractivity contribution in [1.82, 2.24) is 9.47 Å². The number of fused-ring (bicyclic) bond motifs is 1. The molecule has 24 heavy (non-hydrogen) atoms. The molecule has 0 bridgehead atoms. The number of hydrogen-bond donors (Lipinski definition) is 1. The Morgan fingerprint density at radius 3 is 2.62 bits per heavy atom. The molecule has 0 aliphatic heterocycles. The molecule has 0 saturated carbocycles. The third-order valence-corrected chi connectivity index (χ3v) is 4.37. The van der Waals surface area contributed by atoms with Gasteiger partial charge in [-0.05, 0) is 20.0 Å². The lowest BCUT2D eigenvalue weighted by atomic mass is 10.1. The molecule has 0 fully saturated rings. The van der Waals surface area contributed by atoms with Crippen LogP contribution in [0.2, 0.25) is 0 Å². The number of aldehydes is 1. The summed E-state index contributed by atoms with van der Waals surface area (Å²) >= 11 is 0. The number of nitrogens with zero attached hydrogens (tertiary/aromatic N) is 3. The molecule has 130 valence electrons. The molecule has 1 N–H and O–H groups in total. The van der Waals surface area contributed by atoms with E-state index in [0.717, 1.165) is 48.2 Å². The highest BCUT2D eigenvalue weighted by molar-refractivity contribution is 5.93. The minimum absolute atomic E-state index is 0.159. The van der Waals surface area contributed by atoms with Crippen molar-refractivity contribution in [2.24, 2.45) is 0 Å². The van der Waals surface area contributed by atoms with Crippen molar-refractivity contribution >= 4 is 29.2 Å². The number of aliphatic hydroxyl groups is 1. The summed E-state index contributed by atoms with van der Waals surface area (Å²) in [6, 6.07) is 8.12. The van der Waals surface area contributed by atoms with Crippen molar-refractivity contribution in [2.75, 3.05) is 44.7 Å². The lowest BCUT2D eigenvalue weighted by Crippen LogP contribution is -2.35. The molecule has 5 nitrogen and oxygen atoms in total. The van der Waals surface area contributed by atoms with Crippen LogP contribution >= 0.6 is 0 Å². The van der Waals surface area contributed by atoms with Gasteiger partial charge in [-0.1, -0.05) is 24.8 Å². The van der Waals surface area contributed by atoms with Crippen LogP contribution in [0.4, 0.5) is 5.82 Å². The van der Waals surface area contributed by atoms with E-state index in [4.69, 9.17) is 5.11 Å². The van der Waals surface area contributed by atoms with Gasteiger partial charge in [0.05, 0.1) is 12.1 Å². The molecule has 2 rings (SSSR count). The number of carbonyl (C=O) groups excluding carboxylic acids is 1. The first-order valence-electron chi connectivity index (χ1n) is 8.40. The number of rotatable bonds is 10. The van der Waals surface area contributed by atoms with Crippen molar-refractivity contribution in [3.8, 4) is 0 Å². The number of hydrogen-bond acceptors (Lipinski definition) is 4. The van der Waals surface area contributed by atoms with Gasteiger partial charge in [0.15, 0.2) is 0 Å². The zero-order valence-corrected chi connectivity index (χ0v) is 14.6. The second-order valence-corrected chi connectivity index (χ2v) is 5.85. The van der Waals surface area contributed by atoms with Crippen LogP contribution < -0.4 is 4.90 Å². The van der Waals surface area contributed by atoms with Gasteiger partial charge in [-0.15, -0.1) is 0 Å². The van der Waals surface area contributed by atoms with E-state index in [9.17, 15) is 4.79 Å². The maximum Gasteiger partial charge on any atom is 0.124 e. The van der Waals surface area contributed by atoms with Crippen LogP contribution in [0.15, 0.2) is 30.8 Å². The number of benzene rings is 1. The molecular weight excluding hydrogens is 302 g/mol. The highest BCUT2D eigenvalue weighted by atomic mass is 16.3. The molecule has 2 aromatic rings. The zero-order valence-electron chi connectivity index (χ0n) is 14.6. The topological polar surface area (TPSA) is 48.7 Å². The number of carbonyl (C=O) groups is 1. The van der Waals surface area contributed by atoms with Gasteiger partial charge in [-0.2, -0.15) is 0 Å². The van der Waals surface area contributed by atoms with E-state index >= 15 is 0 Å². The second-order valence-electron chi connectivity index (χ2n) is 5.85. The minimum atomic E-state index is 0.159. The standard InChI is InChI=1S/C19H27N3O2/c1-4-21(12-11-20(3)13-15-24)19-17(10-14-23)16-8-6-7-9-18(16)22(19)5-2/h5-9,14,24H,2,4,10-13,15H2,1,3H3. The number of anilines is 1. The van der Waals surface area contributed by atoms with Gasteiger partial charge in [0.1, 0.15) is 12.1 Å². The van der Waals surface area contributed by atoms with Crippen molar-refractivity contribution in [3.05, 3.63) is 36.4 Å². The molecule has 1 heterocycles. The SMILES string of the molecule is C=Cn1c(N(CC)CCN(C)CCO)c(CC=O)c2ccccc21. The molecule has 0 radical (unpaired) electrons. The van der Waals surface area contributed by atoms with Crippen LogP contribution in [-0.2, 0) is 11.2 Å². The fraction of sp³-hybridized carbons (Fsp3) is 0.421. The first kappa shape index (κ1) is 18.2. The fourth-order valence-corrected chi connectivity index (χ4v) is 3.12. The Morgan fingerprint density at radius 1 is 1.25 bits per heavy atom. The fourth-order valence-electron chi connectivity index (χ4n) is 3.12. The van der Waals surface area contributed by atoms with Gasteiger partial charge < -0.3 is 24.3 Å². The summed E-state index contributed by atoms with van der Waals surface area (Å²) in [5, 5.41) is 10.2. The first-order valence-corrected chi connectivity index (χ1v) is 8.40. The van der Waals surface area contributed by atoms with Crippen LogP contribution in [0, 0.1) is 0 Å². The summed E-state index contributed by atoms with van der Waals surface area (Å²) in [7, 11) is 2.00. The van der Waals surface area contributed by atoms with Crippen LogP contribution in [0.25, 0.3) is 17.1 Å². The highest BCUT2D eigenvalue weighted by Crippen LogP contribution is 2.33. The average molecular weight is 329 g/mol. The van der Waals surface area contributed by atoms with Crippen LogP contribution in [-0.4, -0.2) is 60.7 Å². The summed E-state index contributed by atoms with van der Waals surface area (Å²) in [5.74, 6) is 1.04. The zero-order chi connectivity index (χ0) is 17.5. The summed E-state index contributed by atoms with van der Waals surface area (Å²) < 4.78 is 2.07. The number of aliphatic hydroxyl groups excluding tert-OH is 1. The molecule has 0 spiro atoms. The highest BCUT2D eigenvalue weighted by Gasteiger charge is 2.20. The normalized spacial score (nSPS) is 11.2. The van der Waals surface area contributed by atoms with Gasteiger partial charge in [0, 0.05) is 49.7 Å². The Hall–Kier alpha value is -2.11. The molecular formula is C19H27N3O2. The summed E-state index contributed by atoms with van der Waals surface area (Å²) in [6.45, 7) is 9.39. The van der Waals surface area contributed by atoms with Crippen molar-refractivity contribution < 1.29 is 9.90 Å². The van der Waals surface area contributed by atoms with E-state index in [1.165, 1.54) is 0 Å². The first-order chi connectivity index (χ1) is 11.7. The van der Waals surface area contributed by atoms with E-state index in [1.807, 2.05) is 25.4 Å². The minimum Gasteiger partial charge on any atom is -0.395 e. The number of likely N-dealkylation sites (N-methyl/N-ethyl adjacent to an activating group) is 2. The van der Waals surface area contributed by atoms with Crippen LogP contribution in [0.1, 0.15) is 12.5 Å². The van der Waals surface area contributed by atoms with Crippen LogP contribution in [0.5, 0.6) is 0 Å². The second kappa shape index (κ2) is 8.66. The summed E-state index contributed by atoms with van der Waals surface area (Å²) in [4.78, 5) is 15.6. The largest absolute Gasteiger partial charge is 0.395 e. The smallest absolute Gasteiger partial charge is 0.124 e. The Labute approximate surface area is 143 Å². The van der Waals surface area contributed by atoms with Gasteiger partial charge in [-0.25, -0.2) is 0 Å². The lowest BCUT2D eigenvalue weighted by Gasteiger charge is -2.27. The molecule has 0 atom stereocenters. The maximum absolute atomic E-state index is 11.2. The van der Waals surface area contributed by atoms with E-state index in [-0.39, 0.29) is 6.61 Å². The predicted octanol–water partition coefficient (Wildman–Crippen LogP) is 2.23. The van der Waals surface area contributed by atoms with E-state index in [1.54, 1.807) is 0 Å². The van der Waals surface area contributed by atoms with Gasteiger partial charge >= 0.3 is 0 Å². The molecule has 1 aromatic carbocycles. The Kier molecular flexibility index (Phi) is 6.58. The molecule has 0 aliphatic rings. The quantitative estimate of drug-likeness (QED) is 0.679. The average Bonchev–Trinajstić information content (AvgIpc) is 2.90. The maximum atomic E-state index is 11.2. The Bertz CT molecular complexity index is 693. The van der Waals surface area contributed by atoms with Crippen LogP contribution in [0.3, 0.4) is 0 Å². The molecule has 0 amide bonds. The Morgan fingerprint density at radius 2 is 2.00 bits per heavy atom. The van der Waals surface area contributed by atoms with Gasteiger partial charge in [0.2, 0.25) is 0 Å².